The van der Waals surface area contributed by atoms with Crippen molar-refractivity contribution in [3.05, 3.63) is 0 Å². The Morgan fingerprint density at radius 2 is 1.80 bits per heavy atom. The minimum Gasteiger partial charge on any atom is -0.309 e. The predicted octanol–water partition coefficient (Wildman–Crippen LogP) is 2.22. The molecule has 0 aliphatic carbocycles. The first kappa shape index (κ1) is 15.3. The highest BCUT2D eigenvalue weighted by atomic mass is 32.1. The van der Waals surface area contributed by atoms with Gasteiger partial charge in [-0.3, -0.25) is 0 Å². The fourth-order valence-corrected chi connectivity index (χ4v) is 2.04. The van der Waals surface area contributed by atoms with Crippen molar-refractivity contribution in [1.29, 1.82) is 0 Å². The summed E-state index contributed by atoms with van der Waals surface area (Å²) in [4.78, 5) is 4.80. The van der Waals surface area contributed by atoms with Crippen LogP contribution in [0.15, 0.2) is 0 Å². The van der Waals surface area contributed by atoms with Crippen LogP contribution < -0.4 is 0 Å². The summed E-state index contributed by atoms with van der Waals surface area (Å²) in [6.07, 6.45) is 2.51. The molecule has 0 spiro atoms. The normalized spacial score (nSPS) is 13.8. The predicted molar refractivity (Wildman–Crippen MR) is 72.9 cm³/mol. The SMILES string of the molecule is CCC(CS)CN(CC)CCCN(C)C. The van der Waals surface area contributed by atoms with E-state index in [1.165, 1.54) is 32.5 Å². The van der Waals surface area contributed by atoms with E-state index in [9.17, 15) is 0 Å². The van der Waals surface area contributed by atoms with Crippen LogP contribution in [0.4, 0.5) is 0 Å². The highest BCUT2D eigenvalue weighted by Crippen LogP contribution is 2.07. The van der Waals surface area contributed by atoms with E-state index in [0.717, 1.165) is 18.2 Å². The summed E-state index contributed by atoms with van der Waals surface area (Å²) in [7, 11) is 4.28. The number of hydrogen-bond acceptors (Lipinski definition) is 3. The van der Waals surface area contributed by atoms with Crippen molar-refractivity contribution in [2.75, 3.05) is 46.0 Å². The molecular formula is C12H28N2S. The first-order valence-corrected chi connectivity index (χ1v) is 6.75. The lowest BCUT2D eigenvalue weighted by Gasteiger charge is -2.25. The van der Waals surface area contributed by atoms with E-state index in [2.05, 4.69) is 50.4 Å². The van der Waals surface area contributed by atoms with Gasteiger partial charge in [-0.1, -0.05) is 20.3 Å². The maximum absolute atomic E-state index is 4.40. The minimum atomic E-state index is 0.757. The molecule has 0 fully saturated rings. The van der Waals surface area contributed by atoms with Gasteiger partial charge in [0.1, 0.15) is 0 Å². The molecule has 0 saturated heterocycles. The Bertz CT molecular complexity index is 136. The number of rotatable bonds is 9. The first-order valence-electron chi connectivity index (χ1n) is 6.11. The third-order valence-electron chi connectivity index (χ3n) is 2.88. The molecule has 15 heavy (non-hydrogen) atoms. The maximum Gasteiger partial charge on any atom is 0.00172 e. The summed E-state index contributed by atoms with van der Waals surface area (Å²) in [5.41, 5.74) is 0. The van der Waals surface area contributed by atoms with E-state index in [4.69, 9.17) is 0 Å². The van der Waals surface area contributed by atoms with Gasteiger partial charge in [0, 0.05) is 6.54 Å². The Kier molecular flexibility index (Phi) is 9.66. The summed E-state index contributed by atoms with van der Waals surface area (Å²) < 4.78 is 0. The molecule has 2 nitrogen and oxygen atoms in total. The van der Waals surface area contributed by atoms with Crippen LogP contribution in [0.1, 0.15) is 26.7 Å². The standard InChI is InChI=1S/C12H28N2S/c1-5-12(11-15)10-14(6-2)9-7-8-13(3)4/h12,15H,5-11H2,1-4H3. The van der Waals surface area contributed by atoms with Crippen molar-refractivity contribution in [2.45, 2.75) is 26.7 Å². The maximum atomic E-state index is 4.40. The lowest BCUT2D eigenvalue weighted by Crippen LogP contribution is -2.32. The first-order chi connectivity index (χ1) is 7.13. The molecule has 0 aromatic rings. The van der Waals surface area contributed by atoms with Gasteiger partial charge in [0.25, 0.3) is 0 Å². The van der Waals surface area contributed by atoms with Crippen LogP contribution >= 0.6 is 12.6 Å². The average molecular weight is 232 g/mol. The van der Waals surface area contributed by atoms with Crippen LogP contribution in [-0.2, 0) is 0 Å². The molecule has 0 aromatic heterocycles. The summed E-state index contributed by atoms with van der Waals surface area (Å²) in [6, 6.07) is 0. The molecule has 0 N–H and O–H groups in total. The monoisotopic (exact) mass is 232 g/mol. The van der Waals surface area contributed by atoms with Crippen LogP contribution in [0.5, 0.6) is 0 Å². The van der Waals surface area contributed by atoms with Gasteiger partial charge in [0.15, 0.2) is 0 Å². The third-order valence-corrected chi connectivity index (χ3v) is 3.40. The molecule has 92 valence electrons. The van der Waals surface area contributed by atoms with Crippen LogP contribution in [0, 0.1) is 5.92 Å². The second-order valence-corrected chi connectivity index (χ2v) is 4.87. The molecule has 0 saturated carbocycles. The second-order valence-electron chi connectivity index (χ2n) is 4.51. The van der Waals surface area contributed by atoms with Crippen molar-refractivity contribution in [2.24, 2.45) is 5.92 Å². The lowest BCUT2D eigenvalue weighted by molar-refractivity contribution is 0.234. The Balaban J connectivity index is 3.71. The van der Waals surface area contributed by atoms with Gasteiger partial charge in [0.2, 0.25) is 0 Å². The van der Waals surface area contributed by atoms with Gasteiger partial charge in [-0.15, -0.1) is 0 Å². The Morgan fingerprint density at radius 1 is 1.13 bits per heavy atom. The van der Waals surface area contributed by atoms with Crippen molar-refractivity contribution in [3.63, 3.8) is 0 Å². The van der Waals surface area contributed by atoms with E-state index < -0.39 is 0 Å². The molecule has 0 bridgehead atoms. The molecule has 0 radical (unpaired) electrons. The van der Waals surface area contributed by atoms with Gasteiger partial charge in [-0.25, -0.2) is 0 Å². The van der Waals surface area contributed by atoms with E-state index in [1.54, 1.807) is 0 Å². The van der Waals surface area contributed by atoms with Gasteiger partial charge in [-0.2, -0.15) is 12.6 Å². The quantitative estimate of drug-likeness (QED) is 0.609. The van der Waals surface area contributed by atoms with Crippen molar-refractivity contribution >= 4 is 12.6 Å². The Hall–Kier alpha value is 0.270. The molecule has 3 heteroatoms. The zero-order chi connectivity index (χ0) is 11.7. The Labute approximate surface area is 101 Å². The Morgan fingerprint density at radius 3 is 2.20 bits per heavy atom. The summed E-state index contributed by atoms with van der Waals surface area (Å²) in [5, 5.41) is 0. The van der Waals surface area contributed by atoms with Gasteiger partial charge in [0.05, 0.1) is 0 Å². The minimum absolute atomic E-state index is 0.757. The van der Waals surface area contributed by atoms with Crippen LogP contribution in [-0.4, -0.2) is 55.8 Å². The van der Waals surface area contributed by atoms with E-state index in [1.807, 2.05) is 0 Å². The molecule has 0 rings (SSSR count). The van der Waals surface area contributed by atoms with Gasteiger partial charge in [-0.05, 0) is 51.8 Å². The van der Waals surface area contributed by atoms with Crippen LogP contribution in [0.25, 0.3) is 0 Å². The second kappa shape index (κ2) is 9.49. The molecule has 1 unspecified atom stereocenters. The van der Waals surface area contributed by atoms with E-state index in [0.29, 0.717) is 0 Å². The number of hydrogen-bond donors (Lipinski definition) is 1. The highest BCUT2D eigenvalue weighted by Gasteiger charge is 2.09. The number of nitrogens with zero attached hydrogens (tertiary/aromatic N) is 2. The lowest BCUT2D eigenvalue weighted by atomic mass is 10.1. The van der Waals surface area contributed by atoms with Crippen LogP contribution in [0.3, 0.4) is 0 Å². The zero-order valence-corrected chi connectivity index (χ0v) is 11.8. The zero-order valence-electron chi connectivity index (χ0n) is 10.9. The summed E-state index contributed by atoms with van der Waals surface area (Å²) in [5.74, 6) is 1.77. The molecular weight excluding hydrogens is 204 g/mol. The van der Waals surface area contributed by atoms with E-state index in [-0.39, 0.29) is 0 Å². The molecule has 0 aromatic carbocycles. The fourth-order valence-electron chi connectivity index (χ4n) is 1.67. The highest BCUT2D eigenvalue weighted by molar-refractivity contribution is 7.80. The number of thiol groups is 1. The van der Waals surface area contributed by atoms with Gasteiger partial charge < -0.3 is 9.80 Å². The van der Waals surface area contributed by atoms with Gasteiger partial charge >= 0.3 is 0 Å². The van der Waals surface area contributed by atoms with Crippen molar-refractivity contribution in [1.82, 2.24) is 9.80 Å². The van der Waals surface area contributed by atoms with E-state index >= 15 is 0 Å². The average Bonchev–Trinajstić information content (AvgIpc) is 2.22. The molecule has 0 aliphatic heterocycles. The fraction of sp³-hybridized carbons (Fsp3) is 1.00. The third kappa shape index (κ3) is 8.12. The van der Waals surface area contributed by atoms with Crippen molar-refractivity contribution < 1.29 is 0 Å². The summed E-state index contributed by atoms with van der Waals surface area (Å²) in [6.45, 7) is 9.30. The summed E-state index contributed by atoms with van der Waals surface area (Å²) >= 11 is 4.40. The molecule has 0 amide bonds. The molecule has 0 heterocycles. The molecule has 0 aliphatic rings. The molecule has 1 atom stereocenters. The largest absolute Gasteiger partial charge is 0.309 e. The topological polar surface area (TPSA) is 6.48 Å². The smallest absolute Gasteiger partial charge is 0.00172 e. The van der Waals surface area contributed by atoms with Crippen molar-refractivity contribution in [3.8, 4) is 0 Å². The van der Waals surface area contributed by atoms with Crippen LogP contribution in [0.2, 0.25) is 0 Å².